The molecule has 5 heteroatoms. The summed E-state index contributed by atoms with van der Waals surface area (Å²) in [7, 11) is 4.28. The molecule has 4 nitrogen and oxygen atoms in total. The predicted octanol–water partition coefficient (Wildman–Crippen LogP) is 2.06. The van der Waals surface area contributed by atoms with Crippen molar-refractivity contribution in [1.29, 1.82) is 0 Å². The third kappa shape index (κ3) is 2.82. The van der Waals surface area contributed by atoms with Crippen LogP contribution >= 0.6 is 11.6 Å². The van der Waals surface area contributed by atoms with Gasteiger partial charge in [-0.3, -0.25) is 4.90 Å². The highest BCUT2D eigenvalue weighted by Crippen LogP contribution is 2.23. The van der Waals surface area contributed by atoms with Gasteiger partial charge >= 0.3 is 0 Å². The molecule has 18 heavy (non-hydrogen) atoms. The van der Waals surface area contributed by atoms with Crippen molar-refractivity contribution in [1.82, 2.24) is 19.8 Å². The first-order chi connectivity index (χ1) is 8.49. The van der Waals surface area contributed by atoms with Crippen molar-refractivity contribution in [3.05, 3.63) is 22.2 Å². The van der Waals surface area contributed by atoms with Crippen LogP contribution in [0, 0.1) is 13.8 Å². The Labute approximate surface area is 114 Å². The summed E-state index contributed by atoms with van der Waals surface area (Å²) >= 11 is 6.18. The fourth-order valence-corrected chi connectivity index (χ4v) is 2.54. The summed E-state index contributed by atoms with van der Waals surface area (Å²) in [6, 6.07) is 0.231. The van der Waals surface area contributed by atoms with Gasteiger partial charge in [0, 0.05) is 17.8 Å². The van der Waals surface area contributed by atoms with Gasteiger partial charge in [-0.05, 0) is 47.5 Å². The van der Waals surface area contributed by atoms with E-state index < -0.39 is 0 Å². The Morgan fingerprint density at radius 1 is 1.17 bits per heavy atom. The van der Waals surface area contributed by atoms with E-state index in [1.165, 1.54) is 6.42 Å². The number of halogens is 1. The highest BCUT2D eigenvalue weighted by Gasteiger charge is 2.25. The molecule has 1 aromatic rings. The molecule has 1 aliphatic heterocycles. The monoisotopic (exact) mass is 268 g/mol. The largest absolute Gasteiger partial charge is 0.304 e. The topological polar surface area (TPSA) is 32.3 Å². The smallest absolute Gasteiger partial charge is 0.148 e. The molecular weight excluding hydrogens is 248 g/mol. The van der Waals surface area contributed by atoms with Crippen molar-refractivity contribution in [3.8, 4) is 0 Å². The minimum atomic E-state index is 0.231. The first kappa shape index (κ1) is 13.7. The molecule has 0 bridgehead atoms. The van der Waals surface area contributed by atoms with Crippen molar-refractivity contribution in [2.24, 2.45) is 0 Å². The Kier molecular flexibility index (Phi) is 4.20. The molecule has 1 saturated heterocycles. The second-order valence-corrected chi connectivity index (χ2v) is 5.55. The fraction of sp³-hybridized carbons (Fsp3) is 0.692. The van der Waals surface area contributed by atoms with Gasteiger partial charge in [-0.2, -0.15) is 0 Å². The molecule has 0 spiro atoms. The molecule has 1 aromatic heterocycles. The summed E-state index contributed by atoms with van der Waals surface area (Å²) in [6.07, 6.45) is 1.18. The Morgan fingerprint density at radius 3 is 2.56 bits per heavy atom. The number of likely N-dealkylation sites (N-methyl/N-ethyl adjacent to an activating group) is 2. The lowest BCUT2D eigenvalue weighted by Crippen LogP contribution is -2.32. The Bertz CT molecular complexity index is 412. The van der Waals surface area contributed by atoms with Crippen LogP contribution in [-0.4, -0.2) is 53.5 Å². The molecule has 1 unspecified atom stereocenters. The molecule has 0 saturated carbocycles. The molecule has 0 N–H and O–H groups in total. The van der Waals surface area contributed by atoms with Crippen LogP contribution in [0.4, 0.5) is 0 Å². The van der Waals surface area contributed by atoms with E-state index in [0.29, 0.717) is 5.15 Å². The maximum absolute atomic E-state index is 6.18. The van der Waals surface area contributed by atoms with E-state index in [-0.39, 0.29) is 6.04 Å². The van der Waals surface area contributed by atoms with E-state index in [0.717, 1.165) is 36.7 Å². The Balaban J connectivity index is 2.33. The van der Waals surface area contributed by atoms with E-state index in [1.54, 1.807) is 0 Å². The maximum atomic E-state index is 6.18. The molecule has 0 aromatic carbocycles. The van der Waals surface area contributed by atoms with Crippen molar-refractivity contribution < 1.29 is 0 Å². The number of hydrogen-bond acceptors (Lipinski definition) is 4. The highest BCUT2D eigenvalue weighted by molar-refractivity contribution is 6.30. The van der Waals surface area contributed by atoms with E-state index in [4.69, 9.17) is 11.6 Å². The number of aromatic nitrogens is 2. The van der Waals surface area contributed by atoms with E-state index in [2.05, 4.69) is 33.9 Å². The Morgan fingerprint density at radius 2 is 1.89 bits per heavy atom. The summed E-state index contributed by atoms with van der Waals surface area (Å²) in [6.45, 7) is 7.11. The second-order valence-electron chi connectivity index (χ2n) is 5.20. The van der Waals surface area contributed by atoms with Gasteiger partial charge in [-0.1, -0.05) is 11.6 Å². The minimum Gasteiger partial charge on any atom is -0.304 e. The number of hydrogen-bond donors (Lipinski definition) is 0. The van der Waals surface area contributed by atoms with Gasteiger partial charge in [0.25, 0.3) is 0 Å². The normalized spacial score (nSPS) is 23.1. The Hall–Kier alpha value is -0.710. The lowest BCUT2D eigenvalue weighted by molar-refractivity contribution is 0.219. The molecule has 0 radical (unpaired) electrons. The van der Waals surface area contributed by atoms with E-state index >= 15 is 0 Å². The first-order valence-electron chi connectivity index (χ1n) is 6.38. The maximum Gasteiger partial charge on any atom is 0.148 e. The van der Waals surface area contributed by atoms with E-state index in [9.17, 15) is 0 Å². The third-order valence-electron chi connectivity index (χ3n) is 3.71. The average molecular weight is 269 g/mol. The van der Waals surface area contributed by atoms with Crippen LogP contribution in [0.2, 0.25) is 5.15 Å². The summed E-state index contributed by atoms with van der Waals surface area (Å²) in [5, 5.41) is 0.581. The number of nitrogens with zero attached hydrogens (tertiary/aromatic N) is 4. The van der Waals surface area contributed by atoms with Crippen molar-refractivity contribution in [2.45, 2.75) is 26.3 Å². The molecule has 0 aliphatic carbocycles. The molecule has 1 aliphatic rings. The third-order valence-corrected chi connectivity index (χ3v) is 4.08. The second kappa shape index (κ2) is 5.51. The zero-order chi connectivity index (χ0) is 13.3. The van der Waals surface area contributed by atoms with Crippen LogP contribution in [0.15, 0.2) is 0 Å². The molecule has 2 heterocycles. The van der Waals surface area contributed by atoms with Gasteiger partial charge in [0.05, 0.1) is 6.04 Å². The summed E-state index contributed by atoms with van der Waals surface area (Å²) in [4.78, 5) is 13.7. The van der Waals surface area contributed by atoms with Crippen LogP contribution in [0.1, 0.15) is 29.5 Å². The first-order valence-corrected chi connectivity index (χ1v) is 6.76. The standard InChI is InChI=1S/C13H21ClN4/c1-9-10(2)15-13(16-12(9)14)11-8-17(3)6-5-7-18(11)4/h11H,5-8H2,1-4H3. The average Bonchev–Trinajstić information content (AvgIpc) is 2.47. The fourth-order valence-electron chi connectivity index (χ4n) is 2.31. The molecular formula is C13H21ClN4. The van der Waals surface area contributed by atoms with Gasteiger partial charge < -0.3 is 4.90 Å². The van der Waals surface area contributed by atoms with Gasteiger partial charge in [-0.25, -0.2) is 9.97 Å². The van der Waals surface area contributed by atoms with Crippen LogP contribution in [0.3, 0.4) is 0 Å². The lowest BCUT2D eigenvalue weighted by Gasteiger charge is -2.26. The predicted molar refractivity (Wildman–Crippen MR) is 74.0 cm³/mol. The zero-order valence-electron chi connectivity index (χ0n) is 11.6. The van der Waals surface area contributed by atoms with E-state index in [1.807, 2.05) is 13.8 Å². The van der Waals surface area contributed by atoms with Gasteiger partial charge in [0.1, 0.15) is 11.0 Å². The molecule has 1 atom stereocenters. The molecule has 0 amide bonds. The number of aryl methyl sites for hydroxylation is 1. The molecule has 1 fully saturated rings. The van der Waals surface area contributed by atoms with Gasteiger partial charge in [-0.15, -0.1) is 0 Å². The summed E-state index contributed by atoms with van der Waals surface area (Å²) in [5.74, 6) is 0.847. The summed E-state index contributed by atoms with van der Waals surface area (Å²) < 4.78 is 0. The van der Waals surface area contributed by atoms with Crippen LogP contribution in [0.25, 0.3) is 0 Å². The molecule has 100 valence electrons. The lowest BCUT2D eigenvalue weighted by atomic mass is 10.2. The highest BCUT2D eigenvalue weighted by atomic mass is 35.5. The van der Waals surface area contributed by atoms with Crippen LogP contribution in [-0.2, 0) is 0 Å². The van der Waals surface area contributed by atoms with Crippen molar-refractivity contribution in [2.75, 3.05) is 33.7 Å². The van der Waals surface area contributed by atoms with Crippen molar-refractivity contribution >= 4 is 11.6 Å². The SMILES string of the molecule is Cc1nc(C2CN(C)CCCN2C)nc(Cl)c1C. The van der Waals surface area contributed by atoms with Gasteiger partial charge in [0.15, 0.2) is 0 Å². The van der Waals surface area contributed by atoms with Crippen LogP contribution in [0.5, 0.6) is 0 Å². The van der Waals surface area contributed by atoms with Crippen LogP contribution < -0.4 is 0 Å². The summed E-state index contributed by atoms with van der Waals surface area (Å²) in [5.41, 5.74) is 1.95. The van der Waals surface area contributed by atoms with Crippen molar-refractivity contribution in [3.63, 3.8) is 0 Å². The zero-order valence-corrected chi connectivity index (χ0v) is 12.3. The quantitative estimate of drug-likeness (QED) is 0.730. The van der Waals surface area contributed by atoms with Gasteiger partial charge in [0.2, 0.25) is 0 Å². The molecule has 2 rings (SSSR count). The number of rotatable bonds is 1. The minimum absolute atomic E-state index is 0.231.